The van der Waals surface area contributed by atoms with Crippen LogP contribution >= 0.6 is 0 Å². The van der Waals surface area contributed by atoms with Gasteiger partial charge < -0.3 is 0 Å². The van der Waals surface area contributed by atoms with Crippen LogP contribution in [-0.2, 0) is 0 Å². The maximum absolute atomic E-state index is 3.61. The number of hydrogen-bond acceptors (Lipinski definition) is 7. The van der Waals surface area contributed by atoms with Gasteiger partial charge in [0.2, 0.25) is 0 Å². The maximum Gasteiger partial charge on any atom is 0.270 e. The topological polar surface area (TPSA) is 121 Å². The van der Waals surface area contributed by atoms with Crippen LogP contribution < -0.4 is 5.32 Å². The molecule has 56 valence electrons. The van der Waals surface area contributed by atoms with E-state index in [2.05, 4.69) is 46.6 Å². The minimum atomic E-state index is 0.298. The first kappa shape index (κ1) is 5.70. The Balaban J connectivity index is 2.14. The summed E-state index contributed by atoms with van der Waals surface area (Å²) in [5.74, 6) is 0.595. The Morgan fingerprint density at radius 2 is 1.45 bits per heavy atom. The Bertz CT molecular complexity index is 260. The van der Waals surface area contributed by atoms with E-state index in [9.17, 15) is 0 Å². The van der Waals surface area contributed by atoms with Crippen molar-refractivity contribution in [3.63, 3.8) is 0 Å². The van der Waals surface area contributed by atoms with Crippen LogP contribution in [0.2, 0.25) is 0 Å². The van der Waals surface area contributed by atoms with E-state index < -0.39 is 0 Å². The van der Waals surface area contributed by atoms with Gasteiger partial charge in [-0.1, -0.05) is 10.2 Å². The molecule has 2 heterocycles. The van der Waals surface area contributed by atoms with Gasteiger partial charge in [0.25, 0.3) is 11.9 Å². The highest BCUT2D eigenvalue weighted by atomic mass is 15.5. The lowest BCUT2D eigenvalue weighted by Gasteiger charge is -1.87. The summed E-state index contributed by atoms with van der Waals surface area (Å²) in [6.45, 7) is 0. The standard InChI is InChI=1S/C2H3N9/c3(1-4-8-9-5-1)2-6-10-11-7-2/h(H3,3,4,5,6,7,8,9,10,11). The maximum atomic E-state index is 3.61. The zero-order valence-electron chi connectivity index (χ0n) is 5.18. The van der Waals surface area contributed by atoms with Crippen molar-refractivity contribution in [2.24, 2.45) is 0 Å². The summed E-state index contributed by atoms with van der Waals surface area (Å²) in [7, 11) is 0. The van der Waals surface area contributed by atoms with E-state index in [1.807, 2.05) is 0 Å². The molecule has 0 radical (unpaired) electrons. The van der Waals surface area contributed by atoms with Crippen molar-refractivity contribution in [2.75, 3.05) is 5.32 Å². The number of H-pyrrole nitrogens is 2. The van der Waals surface area contributed by atoms with Gasteiger partial charge in [-0.15, -0.1) is 10.2 Å². The number of aromatic nitrogens is 8. The quantitative estimate of drug-likeness (QED) is 0.477. The third kappa shape index (κ3) is 1.10. The van der Waals surface area contributed by atoms with Crippen molar-refractivity contribution in [1.82, 2.24) is 41.2 Å². The van der Waals surface area contributed by atoms with E-state index in [0.29, 0.717) is 11.9 Å². The first-order valence-electron chi connectivity index (χ1n) is 2.69. The van der Waals surface area contributed by atoms with Crippen LogP contribution in [0.1, 0.15) is 0 Å². The molecule has 3 N–H and O–H groups in total. The zero-order chi connectivity index (χ0) is 7.52. The van der Waals surface area contributed by atoms with Crippen molar-refractivity contribution >= 4 is 11.9 Å². The van der Waals surface area contributed by atoms with E-state index >= 15 is 0 Å². The fraction of sp³-hybridized carbons (Fsp3) is 0. The van der Waals surface area contributed by atoms with E-state index in [1.54, 1.807) is 0 Å². The summed E-state index contributed by atoms with van der Waals surface area (Å²) in [4.78, 5) is 0. The van der Waals surface area contributed by atoms with E-state index in [0.717, 1.165) is 0 Å². The molecule has 0 aliphatic carbocycles. The van der Waals surface area contributed by atoms with E-state index in [-0.39, 0.29) is 0 Å². The molecule has 0 unspecified atom stereocenters. The van der Waals surface area contributed by atoms with Crippen LogP contribution in [-0.4, -0.2) is 41.2 Å². The van der Waals surface area contributed by atoms with Crippen molar-refractivity contribution in [3.8, 4) is 0 Å². The van der Waals surface area contributed by atoms with Crippen molar-refractivity contribution in [1.29, 1.82) is 0 Å². The van der Waals surface area contributed by atoms with E-state index in [1.165, 1.54) is 0 Å². The van der Waals surface area contributed by atoms with Gasteiger partial charge in [0, 0.05) is 0 Å². The molecule has 0 aromatic carbocycles. The number of aromatic amines is 2. The molecule has 9 nitrogen and oxygen atoms in total. The molecular formula is C2H3N9. The highest BCUT2D eigenvalue weighted by Gasteiger charge is 2.00. The molecule has 0 amide bonds. The van der Waals surface area contributed by atoms with Gasteiger partial charge in [0.15, 0.2) is 0 Å². The lowest BCUT2D eigenvalue weighted by molar-refractivity contribution is 0.881. The Hall–Kier alpha value is -2.06. The first-order chi connectivity index (χ1) is 5.45. The minimum Gasteiger partial charge on any atom is -0.287 e. The summed E-state index contributed by atoms with van der Waals surface area (Å²) < 4.78 is 0. The molecule has 0 aliphatic heterocycles. The summed E-state index contributed by atoms with van der Waals surface area (Å²) in [5, 5.41) is 28.2. The molecule has 9 heteroatoms. The smallest absolute Gasteiger partial charge is 0.270 e. The molecule has 0 atom stereocenters. The predicted octanol–water partition coefficient (Wildman–Crippen LogP) is -1.54. The molecule has 11 heavy (non-hydrogen) atoms. The van der Waals surface area contributed by atoms with Gasteiger partial charge >= 0.3 is 0 Å². The second-order valence-corrected chi connectivity index (χ2v) is 1.60. The molecule has 0 aliphatic rings. The summed E-state index contributed by atoms with van der Waals surface area (Å²) in [6, 6.07) is 0. The van der Waals surface area contributed by atoms with E-state index in [4.69, 9.17) is 0 Å². The van der Waals surface area contributed by atoms with Gasteiger partial charge in [-0.05, 0) is 10.4 Å². The lowest BCUT2D eigenvalue weighted by Crippen LogP contribution is -1.94. The number of rotatable bonds is 2. The number of tetrazole rings is 2. The van der Waals surface area contributed by atoms with Crippen LogP contribution in [0.5, 0.6) is 0 Å². The fourth-order valence-electron chi connectivity index (χ4n) is 0.530. The van der Waals surface area contributed by atoms with Crippen molar-refractivity contribution in [2.45, 2.75) is 0 Å². The first-order valence-corrected chi connectivity index (χ1v) is 2.69. The average Bonchev–Trinajstić information content (AvgIpc) is 2.60. The Morgan fingerprint density at radius 3 is 1.82 bits per heavy atom. The molecular weight excluding hydrogens is 150 g/mol. The van der Waals surface area contributed by atoms with Crippen LogP contribution in [0, 0.1) is 0 Å². The Morgan fingerprint density at radius 1 is 0.909 bits per heavy atom. The van der Waals surface area contributed by atoms with Gasteiger partial charge in [0.1, 0.15) is 0 Å². The molecule has 0 bridgehead atoms. The third-order valence-electron chi connectivity index (χ3n) is 0.914. The lowest BCUT2D eigenvalue weighted by atomic mass is 10.9. The molecule has 2 rings (SSSR count). The number of hydrogen-bond donors (Lipinski definition) is 3. The number of anilines is 2. The summed E-state index contributed by atoms with van der Waals surface area (Å²) in [5.41, 5.74) is 0. The van der Waals surface area contributed by atoms with Crippen molar-refractivity contribution in [3.05, 3.63) is 0 Å². The van der Waals surface area contributed by atoms with Crippen LogP contribution in [0.25, 0.3) is 0 Å². The molecule has 0 fully saturated rings. The minimum absolute atomic E-state index is 0.298. The normalized spacial score (nSPS) is 9.82. The average molecular weight is 153 g/mol. The van der Waals surface area contributed by atoms with Gasteiger partial charge in [0.05, 0.1) is 0 Å². The number of nitrogens with zero attached hydrogens (tertiary/aromatic N) is 6. The predicted molar refractivity (Wildman–Crippen MR) is 31.6 cm³/mol. The van der Waals surface area contributed by atoms with Gasteiger partial charge in [-0.25, -0.2) is 0 Å². The Kier molecular flexibility index (Phi) is 1.18. The monoisotopic (exact) mass is 153 g/mol. The highest BCUT2D eigenvalue weighted by molar-refractivity contribution is 5.38. The summed E-state index contributed by atoms with van der Waals surface area (Å²) >= 11 is 0. The molecule has 2 aromatic rings. The fourth-order valence-corrected chi connectivity index (χ4v) is 0.530. The molecule has 0 saturated heterocycles. The SMILES string of the molecule is n1nc(Nc2nn[nH]n2)n[nH]1. The van der Waals surface area contributed by atoms with Crippen LogP contribution in [0.4, 0.5) is 11.9 Å². The summed E-state index contributed by atoms with van der Waals surface area (Å²) in [6.07, 6.45) is 0. The second-order valence-electron chi connectivity index (χ2n) is 1.60. The van der Waals surface area contributed by atoms with Gasteiger partial charge in [-0.3, -0.25) is 5.32 Å². The third-order valence-corrected chi connectivity index (χ3v) is 0.914. The van der Waals surface area contributed by atoms with Crippen LogP contribution in [0.15, 0.2) is 0 Å². The zero-order valence-corrected chi connectivity index (χ0v) is 5.18. The number of nitrogens with one attached hydrogen (secondary N) is 3. The molecule has 0 saturated carbocycles. The molecule has 0 spiro atoms. The largest absolute Gasteiger partial charge is 0.287 e. The van der Waals surface area contributed by atoms with Crippen LogP contribution in [0.3, 0.4) is 0 Å². The van der Waals surface area contributed by atoms with Gasteiger partial charge in [-0.2, -0.15) is 10.4 Å². The highest BCUT2D eigenvalue weighted by Crippen LogP contribution is 1.99. The second kappa shape index (κ2) is 2.28. The molecule has 2 aromatic heterocycles. The van der Waals surface area contributed by atoms with Crippen molar-refractivity contribution < 1.29 is 0 Å². The Labute approximate surface area is 59.6 Å².